The molecule has 0 saturated heterocycles. The van der Waals surface area contributed by atoms with Crippen LogP contribution in [0.4, 0.5) is 0 Å². The van der Waals surface area contributed by atoms with Crippen LogP contribution in [0.25, 0.3) is 0 Å². The Morgan fingerprint density at radius 2 is 1.14 bits per heavy atom. The van der Waals surface area contributed by atoms with E-state index in [-0.39, 0.29) is 49.0 Å². The van der Waals surface area contributed by atoms with Crippen molar-refractivity contribution >= 4 is 27.3 Å². The zero-order valence-electron chi connectivity index (χ0n) is 3.38. The summed E-state index contributed by atoms with van der Waals surface area (Å²) in [4.78, 5) is 0. The van der Waals surface area contributed by atoms with Gasteiger partial charge in [0.15, 0.2) is 0 Å². The van der Waals surface area contributed by atoms with Gasteiger partial charge < -0.3 is 0 Å². The van der Waals surface area contributed by atoms with Crippen LogP contribution in [0, 0.1) is 0 Å². The molecular weight excluding hydrogens is 444 g/mol. The van der Waals surface area contributed by atoms with E-state index in [0.29, 0.717) is 21.0 Å². The summed E-state index contributed by atoms with van der Waals surface area (Å²) in [5.74, 6) is 0. The van der Waals surface area contributed by atoms with Crippen molar-refractivity contribution < 1.29 is 71.7 Å². The van der Waals surface area contributed by atoms with Crippen LogP contribution in [-0.4, -0.2) is 27.3 Å². The van der Waals surface area contributed by atoms with Crippen molar-refractivity contribution in [2.24, 2.45) is 0 Å². The number of hydrogen-bond donors (Lipinski definition) is 0. The first-order valence-corrected chi connectivity index (χ1v) is 2.76. The zero-order chi connectivity index (χ0) is 4.71. The number of hydrogen-bond acceptors (Lipinski definition) is 3. The van der Waals surface area contributed by atoms with Gasteiger partial charge in [-0.15, -0.1) is 0 Å². The molecular formula is H2NbO3PbTi2. The zero-order valence-corrected chi connectivity index (χ0v) is 14.2. The van der Waals surface area contributed by atoms with Gasteiger partial charge in [-0.1, -0.05) is 0 Å². The fourth-order valence-corrected chi connectivity index (χ4v) is 0. The molecule has 0 fully saturated rings. The molecule has 0 saturated carbocycles. The first-order valence-electron chi connectivity index (χ1n) is 0.591. The van der Waals surface area contributed by atoms with Crippen LogP contribution in [-0.2, 0) is 71.7 Å². The van der Waals surface area contributed by atoms with Gasteiger partial charge in [-0.05, 0) is 0 Å². The maximum atomic E-state index is 8.50. The van der Waals surface area contributed by atoms with Gasteiger partial charge in [0.1, 0.15) is 0 Å². The Balaban J connectivity index is -0.0000000105. The Morgan fingerprint density at radius 1 is 1.14 bits per heavy atom. The minimum absolute atomic E-state index is 0. The minimum Gasteiger partial charge on any atom is 0 e. The van der Waals surface area contributed by atoms with Gasteiger partial charge >= 0.3 is 77.3 Å². The third kappa shape index (κ3) is 57.7. The maximum absolute atomic E-state index is 8.50. The molecule has 0 bridgehead atoms. The van der Waals surface area contributed by atoms with Crippen molar-refractivity contribution in [1.82, 2.24) is 0 Å². The second-order valence-corrected chi connectivity index (χ2v) is 0.344. The van der Waals surface area contributed by atoms with E-state index in [1.54, 1.807) is 0 Å². The standard InChI is InChI=1S/Nb.3O.Pb.2Ti.2H. The third-order valence-electron chi connectivity index (χ3n) is 0. The van der Waals surface area contributed by atoms with Gasteiger partial charge in [0.05, 0.1) is 0 Å². The Bertz CT molecular complexity index is 42.2. The molecule has 0 aliphatic heterocycles. The van der Waals surface area contributed by atoms with Crippen LogP contribution in [0.3, 0.4) is 0 Å². The van der Waals surface area contributed by atoms with Crippen molar-refractivity contribution in [3.8, 4) is 0 Å². The maximum Gasteiger partial charge on any atom is 0 e. The van der Waals surface area contributed by atoms with E-state index in [9.17, 15) is 0 Å². The van der Waals surface area contributed by atoms with E-state index in [1.165, 1.54) is 0 Å². The molecule has 0 aromatic carbocycles. The largest absolute Gasteiger partial charge is 0 e. The monoisotopic (exact) mass is 447 g/mol. The van der Waals surface area contributed by atoms with Gasteiger partial charge in [0, 0.05) is 21.7 Å². The number of rotatable bonds is 0. The van der Waals surface area contributed by atoms with Crippen LogP contribution in [0.2, 0.25) is 0 Å². The summed E-state index contributed by atoms with van der Waals surface area (Å²) in [5.41, 5.74) is 0. The van der Waals surface area contributed by atoms with Crippen LogP contribution < -0.4 is 0 Å². The van der Waals surface area contributed by atoms with Crippen LogP contribution in [0.15, 0.2) is 0 Å². The summed E-state index contributed by atoms with van der Waals surface area (Å²) < 4.78 is 25.3. The molecule has 0 spiro atoms. The molecule has 0 atom stereocenters. The molecule has 0 N–H and O–H groups in total. The van der Waals surface area contributed by atoms with Gasteiger partial charge in [-0.25, -0.2) is 0 Å². The van der Waals surface area contributed by atoms with Gasteiger partial charge in [0.2, 0.25) is 0 Å². The van der Waals surface area contributed by atoms with Crippen LogP contribution in [0.1, 0.15) is 0 Å². The fraction of sp³-hybridized carbons (Fsp3) is 0. The van der Waals surface area contributed by atoms with Gasteiger partial charge in [-0.2, -0.15) is 0 Å². The topological polar surface area (TPSA) is 51.2 Å². The second kappa shape index (κ2) is 39.1. The Hall–Kier alpha value is 2.49. The molecule has 0 unspecified atom stereocenters. The summed E-state index contributed by atoms with van der Waals surface area (Å²) in [6.07, 6.45) is 0. The van der Waals surface area contributed by atoms with E-state index in [2.05, 4.69) is 0 Å². The minimum atomic E-state index is -2.00. The molecule has 3 nitrogen and oxygen atoms in total. The Kier molecular flexibility index (Phi) is 127. The quantitative estimate of drug-likeness (QED) is 0.437. The van der Waals surface area contributed by atoms with Crippen molar-refractivity contribution in [3.63, 3.8) is 0 Å². The first kappa shape index (κ1) is 22.7. The Morgan fingerprint density at radius 3 is 1.14 bits per heavy atom. The summed E-state index contributed by atoms with van der Waals surface area (Å²) >= 11 is -1.50. The summed E-state index contributed by atoms with van der Waals surface area (Å²) in [7, 11) is 0. The van der Waals surface area contributed by atoms with E-state index in [4.69, 9.17) is 9.90 Å². The van der Waals surface area contributed by atoms with Crippen LogP contribution >= 0.6 is 0 Å². The predicted octanol–water partition coefficient (Wildman–Crippen LogP) is -1.28. The SMILES string of the molecule is [O]=[Nb].[O]=[Ti]=[O].[PbH2].[Ti]. The molecule has 0 aromatic rings. The molecule has 7 heteroatoms. The van der Waals surface area contributed by atoms with Crippen molar-refractivity contribution in [2.45, 2.75) is 0 Å². The molecule has 37 valence electrons. The predicted molar refractivity (Wildman–Crippen MR) is 10.6 cm³/mol. The summed E-state index contributed by atoms with van der Waals surface area (Å²) in [5, 5.41) is 0. The Labute approximate surface area is 97.2 Å². The normalized spacial score (nSPS) is 1.57. The van der Waals surface area contributed by atoms with E-state index in [1.807, 2.05) is 0 Å². The summed E-state index contributed by atoms with van der Waals surface area (Å²) in [6, 6.07) is 0. The first-order chi connectivity index (χ1) is 2.41. The third-order valence-corrected chi connectivity index (χ3v) is 0. The molecule has 0 heterocycles. The van der Waals surface area contributed by atoms with E-state index >= 15 is 0 Å². The molecule has 0 aromatic heterocycles. The molecule has 0 aliphatic rings. The average molecular weight is 446 g/mol. The second-order valence-electron chi connectivity index (χ2n) is 0.0833. The molecule has 2 radical (unpaired) electrons. The van der Waals surface area contributed by atoms with Gasteiger partial charge in [-0.3, -0.25) is 0 Å². The van der Waals surface area contributed by atoms with Crippen molar-refractivity contribution in [1.29, 1.82) is 0 Å². The van der Waals surface area contributed by atoms with E-state index < -0.39 is 19.1 Å². The van der Waals surface area contributed by atoms with Crippen molar-refractivity contribution in [3.05, 3.63) is 0 Å². The molecule has 0 amide bonds. The van der Waals surface area contributed by atoms with E-state index in [0.717, 1.165) is 0 Å². The van der Waals surface area contributed by atoms with Gasteiger partial charge in [0.25, 0.3) is 0 Å². The summed E-state index contributed by atoms with van der Waals surface area (Å²) in [6.45, 7) is 0. The molecule has 0 aliphatic carbocycles. The smallest absolute Gasteiger partial charge is 0 e. The average Bonchev–Trinajstić information content (AvgIpc) is 1.46. The molecule has 0 rings (SSSR count). The fourth-order valence-electron chi connectivity index (χ4n) is 0. The van der Waals surface area contributed by atoms with Crippen molar-refractivity contribution in [2.75, 3.05) is 0 Å². The van der Waals surface area contributed by atoms with Crippen LogP contribution in [0.5, 0.6) is 0 Å². The molecule has 7 heavy (non-hydrogen) atoms.